The Morgan fingerprint density at radius 2 is 2.08 bits per heavy atom. The molecule has 3 aromatic rings. The van der Waals surface area contributed by atoms with E-state index in [4.69, 9.17) is 11.6 Å². The van der Waals surface area contributed by atoms with E-state index in [2.05, 4.69) is 10.4 Å². The fourth-order valence-corrected chi connectivity index (χ4v) is 3.81. The zero-order chi connectivity index (χ0) is 18.3. The Labute approximate surface area is 152 Å². The van der Waals surface area contributed by atoms with Crippen LogP contribution in [0.25, 0.3) is 15.7 Å². The summed E-state index contributed by atoms with van der Waals surface area (Å²) in [6.45, 7) is 5.47. The Kier molecular flexibility index (Phi) is 4.86. The van der Waals surface area contributed by atoms with E-state index in [-0.39, 0.29) is 30.5 Å². The summed E-state index contributed by atoms with van der Waals surface area (Å²) >= 11 is 7.48. The number of aliphatic hydroxyl groups is 1. The van der Waals surface area contributed by atoms with Crippen molar-refractivity contribution in [1.29, 1.82) is 0 Å². The summed E-state index contributed by atoms with van der Waals surface area (Å²) in [5.74, 6) is 0.359. The maximum Gasteiger partial charge on any atom is 0.291 e. The van der Waals surface area contributed by atoms with Gasteiger partial charge in [-0.1, -0.05) is 25.4 Å². The van der Waals surface area contributed by atoms with Crippen LogP contribution in [0.1, 0.15) is 32.5 Å². The van der Waals surface area contributed by atoms with E-state index < -0.39 is 6.10 Å². The molecule has 0 radical (unpaired) electrons. The Balaban J connectivity index is 2.10. The van der Waals surface area contributed by atoms with Crippen molar-refractivity contribution in [3.8, 4) is 0 Å². The van der Waals surface area contributed by atoms with Crippen LogP contribution in [0.2, 0.25) is 4.34 Å². The highest BCUT2D eigenvalue weighted by Crippen LogP contribution is 2.32. The standard InChI is InChI=1S/C16H19ClN4O3S/c1-8(2)15-19-20(7-14(23)18-6-9(3)22)16(24)11-4-12-10(21(11)15)5-13(17)25-12/h4-5,8-9,22H,6-7H2,1-3H3,(H,18,23)/t9-/m0/s1. The molecule has 134 valence electrons. The van der Waals surface area contributed by atoms with Crippen LogP contribution in [0.5, 0.6) is 0 Å². The summed E-state index contributed by atoms with van der Waals surface area (Å²) in [4.78, 5) is 24.8. The van der Waals surface area contributed by atoms with Crippen molar-refractivity contribution >= 4 is 44.6 Å². The third kappa shape index (κ3) is 3.42. The van der Waals surface area contributed by atoms with Crippen molar-refractivity contribution < 1.29 is 9.90 Å². The smallest absolute Gasteiger partial charge is 0.291 e. The first-order valence-corrected chi connectivity index (χ1v) is 9.13. The fraction of sp³-hybridized carbons (Fsp3) is 0.438. The van der Waals surface area contributed by atoms with Crippen molar-refractivity contribution in [2.45, 2.75) is 39.3 Å². The van der Waals surface area contributed by atoms with E-state index in [0.29, 0.717) is 15.7 Å². The molecule has 0 fully saturated rings. The number of halogens is 1. The Bertz CT molecular complexity index is 1000. The molecule has 0 aliphatic carbocycles. The predicted octanol–water partition coefficient (Wildman–Crippen LogP) is 1.98. The van der Waals surface area contributed by atoms with E-state index in [0.717, 1.165) is 10.2 Å². The zero-order valence-corrected chi connectivity index (χ0v) is 15.7. The van der Waals surface area contributed by atoms with Gasteiger partial charge in [0.1, 0.15) is 17.9 Å². The molecule has 2 N–H and O–H groups in total. The number of carbonyl (C=O) groups is 1. The second kappa shape index (κ2) is 6.78. The molecule has 3 heterocycles. The normalized spacial score (nSPS) is 13.0. The first kappa shape index (κ1) is 17.9. The van der Waals surface area contributed by atoms with Gasteiger partial charge >= 0.3 is 0 Å². The van der Waals surface area contributed by atoms with Crippen LogP contribution >= 0.6 is 22.9 Å². The molecule has 1 amide bonds. The van der Waals surface area contributed by atoms with E-state index >= 15 is 0 Å². The molecule has 3 rings (SSSR count). The largest absolute Gasteiger partial charge is 0.392 e. The Morgan fingerprint density at radius 1 is 1.36 bits per heavy atom. The SMILES string of the molecule is CC(C)c1nn(CC(=O)NC[C@H](C)O)c(=O)c2cc3sc(Cl)cc3n12. The van der Waals surface area contributed by atoms with Crippen LogP contribution in [0, 0.1) is 0 Å². The summed E-state index contributed by atoms with van der Waals surface area (Å²) < 4.78 is 4.54. The van der Waals surface area contributed by atoms with Crippen LogP contribution in [0.15, 0.2) is 16.9 Å². The van der Waals surface area contributed by atoms with Gasteiger partial charge in [-0.2, -0.15) is 5.10 Å². The highest BCUT2D eigenvalue weighted by molar-refractivity contribution is 7.22. The van der Waals surface area contributed by atoms with Gasteiger partial charge in [0.2, 0.25) is 5.91 Å². The number of nitrogens with one attached hydrogen (secondary N) is 1. The van der Waals surface area contributed by atoms with Gasteiger partial charge in [-0.05, 0) is 19.1 Å². The Morgan fingerprint density at radius 3 is 2.72 bits per heavy atom. The number of fused-ring (bicyclic) bond motifs is 3. The topological polar surface area (TPSA) is 88.6 Å². The van der Waals surface area contributed by atoms with E-state index in [1.807, 2.05) is 24.3 Å². The van der Waals surface area contributed by atoms with Gasteiger partial charge in [-0.3, -0.25) is 14.0 Å². The van der Waals surface area contributed by atoms with Gasteiger partial charge in [-0.15, -0.1) is 11.3 Å². The highest BCUT2D eigenvalue weighted by Gasteiger charge is 2.19. The minimum Gasteiger partial charge on any atom is -0.392 e. The number of carbonyl (C=O) groups excluding carboxylic acids is 1. The monoisotopic (exact) mass is 382 g/mol. The van der Waals surface area contributed by atoms with Gasteiger partial charge in [0.15, 0.2) is 0 Å². The van der Waals surface area contributed by atoms with Crippen molar-refractivity contribution in [3.63, 3.8) is 0 Å². The van der Waals surface area contributed by atoms with E-state index in [9.17, 15) is 14.7 Å². The predicted molar refractivity (Wildman–Crippen MR) is 98.6 cm³/mol. The van der Waals surface area contributed by atoms with Crippen LogP contribution in [-0.4, -0.2) is 37.8 Å². The molecule has 0 unspecified atom stereocenters. The zero-order valence-electron chi connectivity index (χ0n) is 14.1. The number of rotatable bonds is 5. The quantitative estimate of drug-likeness (QED) is 0.706. The second-order valence-corrected chi connectivity index (χ2v) is 8.01. The molecule has 3 aromatic heterocycles. The molecule has 0 saturated carbocycles. The number of hydrogen-bond donors (Lipinski definition) is 2. The highest BCUT2D eigenvalue weighted by atomic mass is 35.5. The molecule has 0 aliphatic heterocycles. The summed E-state index contributed by atoms with van der Waals surface area (Å²) in [7, 11) is 0. The van der Waals surface area contributed by atoms with E-state index in [1.165, 1.54) is 16.0 Å². The number of thiophene rings is 1. The molecule has 1 atom stereocenters. The average molecular weight is 383 g/mol. The number of aromatic nitrogens is 3. The maximum atomic E-state index is 12.8. The first-order chi connectivity index (χ1) is 11.8. The molecule has 25 heavy (non-hydrogen) atoms. The van der Waals surface area contributed by atoms with E-state index in [1.54, 1.807) is 13.0 Å². The van der Waals surface area contributed by atoms with Crippen molar-refractivity contribution in [1.82, 2.24) is 19.5 Å². The lowest BCUT2D eigenvalue weighted by atomic mass is 10.2. The molecular formula is C16H19ClN4O3S. The molecular weight excluding hydrogens is 364 g/mol. The second-order valence-electron chi connectivity index (χ2n) is 6.29. The lowest BCUT2D eigenvalue weighted by Crippen LogP contribution is -2.37. The number of aliphatic hydroxyl groups excluding tert-OH is 1. The van der Waals surface area contributed by atoms with Crippen LogP contribution in [0.3, 0.4) is 0 Å². The van der Waals surface area contributed by atoms with Crippen molar-refractivity contribution in [2.24, 2.45) is 0 Å². The van der Waals surface area contributed by atoms with Crippen LogP contribution in [-0.2, 0) is 11.3 Å². The summed E-state index contributed by atoms with van der Waals surface area (Å²) in [5, 5.41) is 16.2. The summed E-state index contributed by atoms with van der Waals surface area (Å²) in [6, 6.07) is 3.60. The third-order valence-electron chi connectivity index (χ3n) is 3.77. The van der Waals surface area contributed by atoms with Crippen molar-refractivity contribution in [2.75, 3.05) is 6.54 Å². The molecule has 0 aliphatic rings. The fourth-order valence-electron chi connectivity index (χ4n) is 2.65. The number of nitrogens with zero attached hydrogens (tertiary/aromatic N) is 3. The summed E-state index contributed by atoms with van der Waals surface area (Å²) in [5.41, 5.74) is 0.986. The first-order valence-electron chi connectivity index (χ1n) is 7.94. The van der Waals surface area contributed by atoms with Gasteiger partial charge in [-0.25, -0.2) is 4.68 Å². The number of amides is 1. The molecule has 0 saturated heterocycles. The minimum atomic E-state index is -0.649. The third-order valence-corrected chi connectivity index (χ3v) is 4.97. The lowest BCUT2D eigenvalue weighted by Gasteiger charge is -2.13. The maximum absolute atomic E-state index is 12.8. The van der Waals surface area contributed by atoms with Crippen LogP contribution < -0.4 is 10.9 Å². The Hall–Kier alpha value is -1.90. The van der Waals surface area contributed by atoms with Gasteiger partial charge in [0, 0.05) is 12.5 Å². The molecule has 0 bridgehead atoms. The van der Waals surface area contributed by atoms with Crippen molar-refractivity contribution in [3.05, 3.63) is 32.6 Å². The molecule has 7 nitrogen and oxygen atoms in total. The average Bonchev–Trinajstić information content (AvgIpc) is 3.04. The lowest BCUT2D eigenvalue weighted by molar-refractivity contribution is -0.122. The van der Waals surface area contributed by atoms with Gasteiger partial charge < -0.3 is 10.4 Å². The van der Waals surface area contributed by atoms with Gasteiger partial charge in [0.25, 0.3) is 5.56 Å². The molecule has 0 spiro atoms. The van der Waals surface area contributed by atoms with Crippen LogP contribution in [0.4, 0.5) is 0 Å². The minimum absolute atomic E-state index is 0.0455. The molecule has 9 heteroatoms. The van der Waals surface area contributed by atoms with Gasteiger partial charge in [0.05, 0.1) is 20.7 Å². The summed E-state index contributed by atoms with van der Waals surface area (Å²) in [6.07, 6.45) is -0.649. The number of hydrogen-bond acceptors (Lipinski definition) is 5. The molecule has 0 aromatic carbocycles.